The predicted octanol–water partition coefficient (Wildman–Crippen LogP) is 1.35. The standard InChI is InChI=1S/C18H21N3O5S/c1-21(2)15-5-4-13(27(19,23)24)11-14(15)20-18(22)10-12-3-6-16-17(9-12)26-8-7-25-16/h3-6,9,11H,7-8,10H2,1-2H3,(H,20,22)(H2,19,23,24). The van der Waals surface area contributed by atoms with Crippen LogP contribution in [0.3, 0.4) is 0 Å². The van der Waals surface area contributed by atoms with Gasteiger partial charge in [0.2, 0.25) is 15.9 Å². The van der Waals surface area contributed by atoms with Gasteiger partial charge in [0.1, 0.15) is 13.2 Å². The molecule has 1 amide bonds. The normalized spacial score (nSPS) is 13.1. The molecule has 0 bridgehead atoms. The molecule has 0 unspecified atom stereocenters. The van der Waals surface area contributed by atoms with Crippen molar-refractivity contribution in [3.8, 4) is 11.5 Å². The van der Waals surface area contributed by atoms with Crippen LogP contribution in [0.4, 0.5) is 11.4 Å². The molecule has 3 N–H and O–H groups in total. The molecule has 9 heteroatoms. The summed E-state index contributed by atoms with van der Waals surface area (Å²) in [5.41, 5.74) is 1.79. The molecule has 0 fully saturated rings. The van der Waals surface area contributed by atoms with E-state index in [9.17, 15) is 13.2 Å². The zero-order valence-corrected chi connectivity index (χ0v) is 15.9. The van der Waals surface area contributed by atoms with Gasteiger partial charge in [-0.25, -0.2) is 13.6 Å². The Hall–Kier alpha value is -2.78. The third kappa shape index (κ3) is 4.50. The van der Waals surface area contributed by atoms with E-state index < -0.39 is 10.0 Å². The number of primary sulfonamides is 1. The van der Waals surface area contributed by atoms with Gasteiger partial charge < -0.3 is 19.7 Å². The maximum Gasteiger partial charge on any atom is 0.238 e. The second kappa shape index (κ2) is 7.45. The Morgan fingerprint density at radius 2 is 1.81 bits per heavy atom. The predicted molar refractivity (Wildman–Crippen MR) is 102 cm³/mol. The van der Waals surface area contributed by atoms with Crippen LogP contribution < -0.4 is 24.8 Å². The number of benzene rings is 2. The Balaban J connectivity index is 1.81. The largest absolute Gasteiger partial charge is 0.486 e. The summed E-state index contributed by atoms with van der Waals surface area (Å²) < 4.78 is 34.2. The van der Waals surface area contributed by atoms with E-state index in [0.29, 0.717) is 36.1 Å². The highest BCUT2D eigenvalue weighted by atomic mass is 32.2. The van der Waals surface area contributed by atoms with E-state index in [0.717, 1.165) is 5.56 Å². The lowest BCUT2D eigenvalue weighted by Crippen LogP contribution is -2.20. The molecule has 0 saturated heterocycles. The van der Waals surface area contributed by atoms with Crippen molar-refractivity contribution in [1.29, 1.82) is 0 Å². The number of nitrogens with zero attached hydrogens (tertiary/aromatic N) is 1. The lowest BCUT2D eigenvalue weighted by molar-refractivity contribution is -0.115. The van der Waals surface area contributed by atoms with E-state index in [1.165, 1.54) is 12.1 Å². The number of carbonyl (C=O) groups excluding carboxylic acids is 1. The summed E-state index contributed by atoms with van der Waals surface area (Å²) in [5.74, 6) is 0.972. The average Bonchev–Trinajstić information content (AvgIpc) is 2.60. The summed E-state index contributed by atoms with van der Waals surface area (Å²) >= 11 is 0. The zero-order valence-electron chi connectivity index (χ0n) is 15.1. The van der Waals surface area contributed by atoms with E-state index in [2.05, 4.69) is 5.32 Å². The molecule has 0 radical (unpaired) electrons. The number of carbonyl (C=O) groups is 1. The number of nitrogens with two attached hydrogens (primary N) is 1. The molecule has 1 heterocycles. The van der Waals surface area contributed by atoms with Crippen molar-refractivity contribution in [2.24, 2.45) is 5.14 Å². The van der Waals surface area contributed by atoms with Gasteiger partial charge >= 0.3 is 0 Å². The highest BCUT2D eigenvalue weighted by Crippen LogP contribution is 2.31. The van der Waals surface area contributed by atoms with Crippen molar-refractivity contribution < 1.29 is 22.7 Å². The van der Waals surface area contributed by atoms with Crippen molar-refractivity contribution in [1.82, 2.24) is 0 Å². The summed E-state index contributed by atoms with van der Waals surface area (Å²) in [7, 11) is -0.285. The Morgan fingerprint density at radius 1 is 1.11 bits per heavy atom. The number of sulfonamides is 1. The van der Waals surface area contributed by atoms with Crippen LogP contribution in [-0.2, 0) is 21.2 Å². The molecule has 1 aliphatic rings. The van der Waals surface area contributed by atoms with Gasteiger partial charge in [-0.15, -0.1) is 0 Å². The summed E-state index contributed by atoms with van der Waals surface area (Å²) in [6.45, 7) is 0.968. The molecule has 27 heavy (non-hydrogen) atoms. The van der Waals surface area contributed by atoms with E-state index >= 15 is 0 Å². The lowest BCUT2D eigenvalue weighted by atomic mass is 10.1. The highest BCUT2D eigenvalue weighted by Gasteiger charge is 2.16. The van der Waals surface area contributed by atoms with Crippen LogP contribution in [0.25, 0.3) is 0 Å². The fourth-order valence-corrected chi connectivity index (χ4v) is 3.30. The van der Waals surface area contributed by atoms with Crippen LogP contribution >= 0.6 is 0 Å². The fourth-order valence-electron chi connectivity index (χ4n) is 2.76. The van der Waals surface area contributed by atoms with Crippen molar-refractivity contribution in [3.05, 3.63) is 42.0 Å². The topological polar surface area (TPSA) is 111 Å². The number of amides is 1. The third-order valence-electron chi connectivity index (χ3n) is 4.02. The Morgan fingerprint density at radius 3 is 2.48 bits per heavy atom. The van der Waals surface area contributed by atoms with Crippen molar-refractivity contribution >= 4 is 27.3 Å². The number of anilines is 2. The molecule has 2 aromatic carbocycles. The zero-order chi connectivity index (χ0) is 19.6. The molecule has 1 aliphatic heterocycles. The van der Waals surface area contributed by atoms with Crippen LogP contribution in [0.1, 0.15) is 5.56 Å². The van der Waals surface area contributed by atoms with E-state index in [1.807, 2.05) is 0 Å². The first-order chi connectivity index (χ1) is 12.7. The molecule has 0 saturated carbocycles. The number of hydrogen-bond donors (Lipinski definition) is 2. The summed E-state index contributed by atoms with van der Waals surface area (Å²) in [5, 5.41) is 7.95. The Kier molecular flexibility index (Phi) is 5.24. The maximum atomic E-state index is 12.5. The molecule has 3 rings (SSSR count). The smallest absolute Gasteiger partial charge is 0.238 e. The van der Waals surface area contributed by atoms with Gasteiger partial charge in [-0.05, 0) is 35.9 Å². The minimum absolute atomic E-state index is 0.0669. The van der Waals surface area contributed by atoms with Gasteiger partial charge in [0.15, 0.2) is 11.5 Å². The second-order valence-corrected chi connectivity index (χ2v) is 7.88. The van der Waals surface area contributed by atoms with Gasteiger partial charge in [-0.3, -0.25) is 4.79 Å². The maximum absolute atomic E-state index is 12.5. The van der Waals surface area contributed by atoms with E-state index in [1.54, 1.807) is 43.3 Å². The molecule has 0 spiro atoms. The number of fused-ring (bicyclic) bond motifs is 1. The van der Waals surface area contributed by atoms with Crippen LogP contribution in [-0.4, -0.2) is 41.6 Å². The third-order valence-corrected chi connectivity index (χ3v) is 4.93. The second-order valence-electron chi connectivity index (χ2n) is 6.32. The van der Waals surface area contributed by atoms with Crippen molar-refractivity contribution in [3.63, 3.8) is 0 Å². The van der Waals surface area contributed by atoms with Gasteiger partial charge in [0.25, 0.3) is 0 Å². The molecule has 2 aromatic rings. The monoisotopic (exact) mass is 391 g/mol. The summed E-state index contributed by atoms with van der Waals surface area (Å²) in [6, 6.07) is 9.68. The molecule has 0 aromatic heterocycles. The quantitative estimate of drug-likeness (QED) is 0.796. The Labute approximate surface area is 157 Å². The average molecular weight is 391 g/mol. The molecule has 144 valence electrons. The first-order valence-electron chi connectivity index (χ1n) is 8.26. The Bertz CT molecular complexity index is 973. The van der Waals surface area contributed by atoms with Gasteiger partial charge in [0.05, 0.1) is 22.7 Å². The SMILES string of the molecule is CN(C)c1ccc(S(N)(=O)=O)cc1NC(=O)Cc1ccc2c(c1)OCCO2. The van der Waals surface area contributed by atoms with Crippen molar-refractivity contribution in [2.45, 2.75) is 11.3 Å². The van der Waals surface area contributed by atoms with Crippen LogP contribution in [0.2, 0.25) is 0 Å². The van der Waals surface area contributed by atoms with E-state index in [-0.39, 0.29) is 17.2 Å². The van der Waals surface area contributed by atoms with Crippen LogP contribution in [0.15, 0.2) is 41.3 Å². The van der Waals surface area contributed by atoms with Gasteiger partial charge in [0, 0.05) is 14.1 Å². The summed E-state index contributed by atoms with van der Waals surface area (Å²) in [6.07, 6.45) is 0.100. The van der Waals surface area contributed by atoms with Gasteiger partial charge in [-0.2, -0.15) is 0 Å². The number of rotatable bonds is 5. The fraction of sp³-hybridized carbons (Fsp3) is 0.278. The lowest BCUT2D eigenvalue weighted by Gasteiger charge is -2.20. The molecule has 0 aliphatic carbocycles. The molecule has 0 atom stereocenters. The minimum atomic E-state index is -3.87. The number of hydrogen-bond acceptors (Lipinski definition) is 6. The van der Waals surface area contributed by atoms with Gasteiger partial charge in [-0.1, -0.05) is 6.07 Å². The minimum Gasteiger partial charge on any atom is -0.486 e. The number of ether oxygens (including phenoxy) is 2. The first kappa shape index (κ1) is 19.0. The van der Waals surface area contributed by atoms with Crippen LogP contribution in [0, 0.1) is 0 Å². The number of nitrogens with one attached hydrogen (secondary N) is 1. The molecular formula is C18H21N3O5S. The van der Waals surface area contributed by atoms with Crippen molar-refractivity contribution in [2.75, 3.05) is 37.5 Å². The molecule has 8 nitrogen and oxygen atoms in total. The summed E-state index contributed by atoms with van der Waals surface area (Å²) in [4.78, 5) is 14.2. The van der Waals surface area contributed by atoms with Crippen LogP contribution in [0.5, 0.6) is 11.5 Å². The van der Waals surface area contributed by atoms with E-state index in [4.69, 9.17) is 14.6 Å². The first-order valence-corrected chi connectivity index (χ1v) is 9.81. The highest BCUT2D eigenvalue weighted by molar-refractivity contribution is 7.89. The molecular weight excluding hydrogens is 370 g/mol.